The number of rotatable bonds is 2. The predicted molar refractivity (Wildman–Crippen MR) is 63.0 cm³/mol. The van der Waals surface area contributed by atoms with E-state index in [-0.39, 0.29) is 0 Å². The van der Waals surface area contributed by atoms with Gasteiger partial charge in [-0.2, -0.15) is 0 Å². The highest BCUT2D eigenvalue weighted by molar-refractivity contribution is 9.10. The van der Waals surface area contributed by atoms with E-state index in [1.165, 1.54) is 0 Å². The van der Waals surface area contributed by atoms with Crippen LogP contribution in [0.4, 0.5) is 0 Å². The molecule has 2 aromatic rings. The Balaban J connectivity index is 2.37. The van der Waals surface area contributed by atoms with Gasteiger partial charge in [-0.1, -0.05) is 0 Å². The van der Waals surface area contributed by atoms with Gasteiger partial charge in [0.25, 0.3) is 0 Å². The molecule has 0 unspecified atom stereocenters. The van der Waals surface area contributed by atoms with Crippen molar-refractivity contribution in [3.63, 3.8) is 0 Å². The molecule has 0 aliphatic rings. The van der Waals surface area contributed by atoms with Gasteiger partial charge in [0.2, 0.25) is 0 Å². The number of aromatic nitrogens is 2. The second-order valence-corrected chi connectivity index (χ2v) is 4.01. The predicted octanol–water partition coefficient (Wildman–Crippen LogP) is 3.16. The van der Waals surface area contributed by atoms with E-state index in [0.29, 0.717) is 0 Å². The number of nitrogens with zero attached hydrogens (tertiary/aromatic N) is 1. The summed E-state index contributed by atoms with van der Waals surface area (Å²) in [7, 11) is 1.66. The van der Waals surface area contributed by atoms with Gasteiger partial charge >= 0.3 is 0 Å². The Bertz CT molecular complexity index is 442. The van der Waals surface area contributed by atoms with Gasteiger partial charge in [-0.15, -0.1) is 0 Å². The summed E-state index contributed by atoms with van der Waals surface area (Å²) < 4.78 is 6.02. The van der Waals surface area contributed by atoms with E-state index in [9.17, 15) is 0 Å². The van der Waals surface area contributed by atoms with E-state index < -0.39 is 0 Å². The molecular formula is C11H11BrN2O. The first kappa shape index (κ1) is 10.2. The van der Waals surface area contributed by atoms with Crippen molar-refractivity contribution in [1.29, 1.82) is 0 Å². The molecule has 1 aromatic heterocycles. The number of ether oxygens (including phenoxy) is 1. The molecular weight excluding hydrogens is 256 g/mol. The number of benzene rings is 1. The number of halogens is 1. The fourth-order valence-electron chi connectivity index (χ4n) is 1.32. The zero-order valence-corrected chi connectivity index (χ0v) is 10.1. The van der Waals surface area contributed by atoms with Gasteiger partial charge in [0.15, 0.2) is 0 Å². The Hall–Kier alpha value is -1.29. The Kier molecular flexibility index (Phi) is 2.77. The van der Waals surface area contributed by atoms with Crippen LogP contribution < -0.4 is 4.74 Å². The number of hydrogen-bond acceptors (Lipinski definition) is 2. The Morgan fingerprint density at radius 2 is 1.93 bits per heavy atom. The summed E-state index contributed by atoms with van der Waals surface area (Å²) in [5.41, 5.74) is 2.01. The summed E-state index contributed by atoms with van der Waals surface area (Å²) in [5, 5.41) is 0. The topological polar surface area (TPSA) is 37.9 Å². The second kappa shape index (κ2) is 4.06. The lowest BCUT2D eigenvalue weighted by atomic mass is 10.2. The van der Waals surface area contributed by atoms with Crippen LogP contribution in [0.1, 0.15) is 5.69 Å². The van der Waals surface area contributed by atoms with Crippen LogP contribution in [0.25, 0.3) is 11.4 Å². The van der Waals surface area contributed by atoms with Gasteiger partial charge in [0.05, 0.1) is 12.8 Å². The minimum atomic E-state index is 0.848. The number of methoxy groups -OCH3 is 1. The highest BCUT2D eigenvalue weighted by Gasteiger charge is 2.05. The van der Waals surface area contributed by atoms with E-state index in [4.69, 9.17) is 4.74 Å². The lowest BCUT2D eigenvalue weighted by Gasteiger charge is -2.00. The highest BCUT2D eigenvalue weighted by Crippen LogP contribution is 2.23. The zero-order chi connectivity index (χ0) is 10.8. The fraction of sp³-hybridized carbons (Fsp3) is 0.182. The van der Waals surface area contributed by atoms with E-state index in [2.05, 4.69) is 25.9 Å². The molecule has 1 heterocycles. The van der Waals surface area contributed by atoms with Crippen LogP contribution in [0, 0.1) is 6.92 Å². The van der Waals surface area contributed by atoms with Crippen molar-refractivity contribution in [2.75, 3.05) is 7.11 Å². The maximum Gasteiger partial charge on any atom is 0.138 e. The molecule has 0 amide bonds. The monoisotopic (exact) mass is 266 g/mol. The van der Waals surface area contributed by atoms with Gasteiger partial charge in [0, 0.05) is 5.56 Å². The van der Waals surface area contributed by atoms with Gasteiger partial charge in [-0.25, -0.2) is 4.98 Å². The first-order valence-corrected chi connectivity index (χ1v) is 5.36. The first-order chi connectivity index (χ1) is 7.20. The summed E-state index contributed by atoms with van der Waals surface area (Å²) in [6, 6.07) is 7.79. The van der Waals surface area contributed by atoms with E-state index in [0.717, 1.165) is 27.4 Å². The maximum atomic E-state index is 5.09. The number of hydrogen-bond donors (Lipinski definition) is 1. The van der Waals surface area contributed by atoms with Crippen LogP contribution in [0.2, 0.25) is 0 Å². The number of imidazole rings is 1. The van der Waals surface area contributed by atoms with Crippen LogP contribution in [0.5, 0.6) is 5.75 Å². The van der Waals surface area contributed by atoms with Crippen molar-refractivity contribution in [2.45, 2.75) is 6.92 Å². The molecule has 0 saturated heterocycles. The third-order valence-electron chi connectivity index (χ3n) is 2.19. The van der Waals surface area contributed by atoms with E-state index in [1.54, 1.807) is 7.11 Å². The molecule has 0 fully saturated rings. The SMILES string of the molecule is COc1ccc(-c2nc(C)c(Br)[nH]2)cc1. The molecule has 4 heteroatoms. The van der Waals surface area contributed by atoms with Crippen molar-refractivity contribution in [1.82, 2.24) is 9.97 Å². The molecule has 1 N–H and O–H groups in total. The fourth-order valence-corrected chi connectivity index (χ4v) is 1.60. The summed E-state index contributed by atoms with van der Waals surface area (Å²) >= 11 is 3.40. The minimum Gasteiger partial charge on any atom is -0.497 e. The van der Waals surface area contributed by atoms with E-state index in [1.807, 2.05) is 31.2 Å². The molecule has 3 nitrogen and oxygen atoms in total. The summed E-state index contributed by atoms with van der Waals surface area (Å²) in [5.74, 6) is 1.71. The van der Waals surface area contributed by atoms with Crippen LogP contribution in [0.15, 0.2) is 28.9 Å². The molecule has 0 saturated carbocycles. The molecule has 78 valence electrons. The smallest absolute Gasteiger partial charge is 0.138 e. The molecule has 0 aliphatic carbocycles. The van der Waals surface area contributed by atoms with Gasteiger partial charge in [-0.3, -0.25) is 0 Å². The van der Waals surface area contributed by atoms with Crippen molar-refractivity contribution in [3.05, 3.63) is 34.6 Å². The van der Waals surface area contributed by atoms with Crippen molar-refractivity contribution < 1.29 is 4.74 Å². The Morgan fingerprint density at radius 1 is 1.27 bits per heavy atom. The van der Waals surface area contributed by atoms with Crippen LogP contribution in [-0.4, -0.2) is 17.1 Å². The van der Waals surface area contributed by atoms with Crippen molar-refractivity contribution in [2.24, 2.45) is 0 Å². The zero-order valence-electron chi connectivity index (χ0n) is 8.54. The lowest BCUT2D eigenvalue weighted by Crippen LogP contribution is -1.84. The average Bonchev–Trinajstić information content (AvgIpc) is 2.59. The average molecular weight is 267 g/mol. The third kappa shape index (κ3) is 2.04. The van der Waals surface area contributed by atoms with Gasteiger partial charge < -0.3 is 9.72 Å². The summed E-state index contributed by atoms with van der Waals surface area (Å²) in [4.78, 5) is 7.56. The normalized spacial score (nSPS) is 10.3. The third-order valence-corrected chi connectivity index (χ3v) is 2.96. The maximum absolute atomic E-state index is 5.09. The molecule has 15 heavy (non-hydrogen) atoms. The second-order valence-electron chi connectivity index (χ2n) is 3.21. The van der Waals surface area contributed by atoms with Crippen molar-refractivity contribution >= 4 is 15.9 Å². The molecule has 2 rings (SSSR count). The number of aromatic amines is 1. The molecule has 0 atom stereocenters. The number of nitrogens with one attached hydrogen (secondary N) is 1. The lowest BCUT2D eigenvalue weighted by molar-refractivity contribution is 0.415. The number of aryl methyl sites for hydroxylation is 1. The van der Waals surface area contributed by atoms with Gasteiger partial charge in [-0.05, 0) is 47.1 Å². The quantitative estimate of drug-likeness (QED) is 0.907. The number of H-pyrrole nitrogens is 1. The molecule has 0 radical (unpaired) electrons. The molecule has 1 aromatic carbocycles. The summed E-state index contributed by atoms with van der Waals surface area (Å²) in [6.45, 7) is 1.95. The van der Waals surface area contributed by atoms with Crippen LogP contribution in [-0.2, 0) is 0 Å². The van der Waals surface area contributed by atoms with Crippen LogP contribution >= 0.6 is 15.9 Å². The highest BCUT2D eigenvalue weighted by atomic mass is 79.9. The Morgan fingerprint density at radius 3 is 2.40 bits per heavy atom. The van der Waals surface area contributed by atoms with Crippen LogP contribution in [0.3, 0.4) is 0 Å². The van der Waals surface area contributed by atoms with E-state index >= 15 is 0 Å². The largest absolute Gasteiger partial charge is 0.497 e. The molecule has 0 aliphatic heterocycles. The molecule has 0 spiro atoms. The summed E-state index contributed by atoms with van der Waals surface area (Å²) in [6.07, 6.45) is 0. The first-order valence-electron chi connectivity index (χ1n) is 4.57. The standard InChI is InChI=1S/C11H11BrN2O/c1-7-10(12)14-11(13-7)8-3-5-9(15-2)6-4-8/h3-6H,1-2H3,(H,13,14). The Labute approximate surface area is 96.6 Å². The van der Waals surface area contributed by atoms with Gasteiger partial charge in [0.1, 0.15) is 16.2 Å². The van der Waals surface area contributed by atoms with Crippen molar-refractivity contribution in [3.8, 4) is 17.1 Å². The minimum absolute atomic E-state index is 0.848. The molecule has 0 bridgehead atoms.